The number of hydrogen-bond donors (Lipinski definition) is 1. The van der Waals surface area contributed by atoms with Gasteiger partial charge >= 0.3 is 0 Å². The standard InChI is InChI=1S/C13H23N3O/c1-9(8-15-16-14)10-5-6-11-12(17)4-3-7-13(10,11)2/h9-12,17H,3-8H2,1-2H3/t9-,10?,11+,12+,13-/m1/s1. The van der Waals surface area contributed by atoms with Gasteiger partial charge in [0, 0.05) is 11.5 Å². The van der Waals surface area contributed by atoms with E-state index in [1.165, 1.54) is 12.8 Å². The second kappa shape index (κ2) is 4.87. The molecule has 0 amide bonds. The van der Waals surface area contributed by atoms with Gasteiger partial charge in [-0.05, 0) is 54.4 Å². The molecule has 0 aromatic rings. The SMILES string of the molecule is C[C@H](CN=[N+]=[N-])C1CC[C@H]2[C@@H](O)CCC[C@]12C. The molecule has 4 nitrogen and oxygen atoms in total. The van der Waals surface area contributed by atoms with Gasteiger partial charge in [-0.2, -0.15) is 0 Å². The number of fused-ring (bicyclic) bond motifs is 1. The fraction of sp³-hybridized carbons (Fsp3) is 1.00. The molecule has 2 fully saturated rings. The van der Waals surface area contributed by atoms with Gasteiger partial charge in [0.05, 0.1) is 6.10 Å². The summed E-state index contributed by atoms with van der Waals surface area (Å²) in [5, 5.41) is 13.9. The Labute approximate surface area is 103 Å². The summed E-state index contributed by atoms with van der Waals surface area (Å²) in [6, 6.07) is 0. The average molecular weight is 237 g/mol. The molecule has 0 aliphatic heterocycles. The van der Waals surface area contributed by atoms with Crippen molar-refractivity contribution in [3.05, 3.63) is 10.4 Å². The molecular weight excluding hydrogens is 214 g/mol. The molecular formula is C13H23N3O. The lowest BCUT2D eigenvalue weighted by molar-refractivity contribution is -0.0261. The average Bonchev–Trinajstić information content (AvgIpc) is 2.64. The highest BCUT2D eigenvalue weighted by Gasteiger charge is 2.51. The van der Waals surface area contributed by atoms with E-state index in [-0.39, 0.29) is 11.5 Å². The molecule has 2 saturated carbocycles. The Hall–Kier alpha value is -0.730. The lowest BCUT2D eigenvalue weighted by Gasteiger charge is -2.45. The molecule has 1 N–H and O–H groups in total. The highest BCUT2D eigenvalue weighted by Crippen LogP contribution is 2.57. The van der Waals surface area contributed by atoms with Gasteiger partial charge < -0.3 is 5.11 Å². The number of rotatable bonds is 3. The van der Waals surface area contributed by atoms with Gasteiger partial charge in [0.25, 0.3) is 0 Å². The second-order valence-corrected chi connectivity index (χ2v) is 6.15. The zero-order valence-electron chi connectivity index (χ0n) is 10.8. The molecule has 5 atom stereocenters. The van der Waals surface area contributed by atoms with E-state index in [4.69, 9.17) is 5.53 Å². The van der Waals surface area contributed by atoms with Crippen LogP contribution in [-0.2, 0) is 0 Å². The molecule has 1 unspecified atom stereocenters. The van der Waals surface area contributed by atoms with E-state index < -0.39 is 0 Å². The highest BCUT2D eigenvalue weighted by molar-refractivity contribution is 5.01. The Morgan fingerprint density at radius 1 is 1.47 bits per heavy atom. The molecule has 17 heavy (non-hydrogen) atoms. The summed E-state index contributed by atoms with van der Waals surface area (Å²) in [7, 11) is 0. The summed E-state index contributed by atoms with van der Waals surface area (Å²) in [6.45, 7) is 5.12. The van der Waals surface area contributed by atoms with Crippen LogP contribution >= 0.6 is 0 Å². The number of aliphatic hydroxyl groups excluding tert-OH is 1. The maximum Gasteiger partial charge on any atom is 0.0573 e. The third-order valence-electron chi connectivity index (χ3n) is 5.28. The van der Waals surface area contributed by atoms with Crippen molar-refractivity contribution in [3.63, 3.8) is 0 Å². The van der Waals surface area contributed by atoms with Crippen molar-refractivity contribution >= 4 is 0 Å². The first-order valence-electron chi connectivity index (χ1n) is 6.78. The van der Waals surface area contributed by atoms with Crippen LogP contribution in [0.15, 0.2) is 5.11 Å². The number of hydrogen-bond acceptors (Lipinski definition) is 2. The summed E-state index contributed by atoms with van der Waals surface area (Å²) in [6.07, 6.45) is 5.55. The summed E-state index contributed by atoms with van der Waals surface area (Å²) < 4.78 is 0. The van der Waals surface area contributed by atoms with Crippen LogP contribution in [0.1, 0.15) is 46.0 Å². The lowest BCUT2D eigenvalue weighted by atomic mass is 9.62. The summed E-state index contributed by atoms with van der Waals surface area (Å²) in [5.74, 6) is 1.51. The smallest absolute Gasteiger partial charge is 0.0573 e. The monoisotopic (exact) mass is 237 g/mol. The first kappa shape index (κ1) is 12.7. The molecule has 0 radical (unpaired) electrons. The fourth-order valence-corrected chi connectivity index (χ4v) is 4.42. The van der Waals surface area contributed by atoms with E-state index in [0.717, 1.165) is 19.3 Å². The van der Waals surface area contributed by atoms with Gasteiger partial charge in [-0.3, -0.25) is 0 Å². The molecule has 0 spiro atoms. The Kier molecular flexibility index (Phi) is 3.64. The minimum Gasteiger partial charge on any atom is -0.393 e. The van der Waals surface area contributed by atoms with Crippen LogP contribution in [0, 0.1) is 23.2 Å². The number of azide groups is 1. The minimum atomic E-state index is -0.106. The van der Waals surface area contributed by atoms with Crippen LogP contribution in [0.5, 0.6) is 0 Å². The summed E-state index contributed by atoms with van der Waals surface area (Å²) in [4.78, 5) is 2.86. The van der Waals surface area contributed by atoms with Gasteiger partial charge in [-0.1, -0.05) is 25.4 Å². The van der Waals surface area contributed by atoms with Crippen molar-refractivity contribution < 1.29 is 5.11 Å². The topological polar surface area (TPSA) is 69.0 Å². The van der Waals surface area contributed by atoms with Crippen LogP contribution < -0.4 is 0 Å². The van der Waals surface area contributed by atoms with E-state index in [1.54, 1.807) is 0 Å². The van der Waals surface area contributed by atoms with E-state index in [2.05, 4.69) is 23.9 Å². The molecule has 96 valence electrons. The predicted octanol–water partition coefficient (Wildman–Crippen LogP) is 3.51. The zero-order chi connectivity index (χ0) is 12.5. The van der Waals surface area contributed by atoms with Crippen LogP contribution in [0.3, 0.4) is 0 Å². The van der Waals surface area contributed by atoms with Gasteiger partial charge in [0.1, 0.15) is 0 Å². The quantitative estimate of drug-likeness (QED) is 0.455. The van der Waals surface area contributed by atoms with Crippen molar-refractivity contribution in [2.24, 2.45) is 28.3 Å². The van der Waals surface area contributed by atoms with Crippen LogP contribution in [0.25, 0.3) is 10.4 Å². The highest BCUT2D eigenvalue weighted by atomic mass is 16.3. The third-order valence-corrected chi connectivity index (χ3v) is 5.28. The molecule has 0 aromatic carbocycles. The Morgan fingerprint density at radius 3 is 2.94 bits per heavy atom. The summed E-state index contributed by atoms with van der Waals surface area (Å²) >= 11 is 0. The van der Waals surface area contributed by atoms with Crippen molar-refractivity contribution in [2.45, 2.75) is 52.1 Å². The van der Waals surface area contributed by atoms with Crippen LogP contribution in [0.4, 0.5) is 0 Å². The van der Waals surface area contributed by atoms with Crippen LogP contribution in [-0.4, -0.2) is 17.8 Å². The fourth-order valence-electron chi connectivity index (χ4n) is 4.42. The minimum absolute atomic E-state index is 0.106. The lowest BCUT2D eigenvalue weighted by Crippen LogP contribution is -2.41. The van der Waals surface area contributed by atoms with Crippen molar-refractivity contribution in [1.29, 1.82) is 0 Å². The first-order valence-corrected chi connectivity index (χ1v) is 6.78. The maximum atomic E-state index is 10.1. The molecule has 0 heterocycles. The van der Waals surface area contributed by atoms with Crippen molar-refractivity contribution in [2.75, 3.05) is 6.54 Å². The van der Waals surface area contributed by atoms with E-state index in [9.17, 15) is 5.11 Å². The predicted molar refractivity (Wildman–Crippen MR) is 67.4 cm³/mol. The van der Waals surface area contributed by atoms with E-state index in [0.29, 0.717) is 24.3 Å². The van der Waals surface area contributed by atoms with Gasteiger partial charge in [-0.25, -0.2) is 0 Å². The normalized spacial score (nSPS) is 42.6. The Balaban J connectivity index is 2.12. The number of nitrogens with zero attached hydrogens (tertiary/aromatic N) is 3. The van der Waals surface area contributed by atoms with Gasteiger partial charge in [0.2, 0.25) is 0 Å². The molecule has 2 rings (SSSR count). The summed E-state index contributed by atoms with van der Waals surface area (Å²) in [5.41, 5.74) is 8.68. The number of aliphatic hydroxyl groups is 1. The molecule has 0 saturated heterocycles. The van der Waals surface area contributed by atoms with Crippen LogP contribution in [0.2, 0.25) is 0 Å². The first-order chi connectivity index (χ1) is 8.09. The van der Waals surface area contributed by atoms with Crippen molar-refractivity contribution in [3.8, 4) is 0 Å². The molecule has 2 aliphatic rings. The van der Waals surface area contributed by atoms with Crippen molar-refractivity contribution in [1.82, 2.24) is 0 Å². The Bertz CT molecular complexity index is 327. The largest absolute Gasteiger partial charge is 0.393 e. The zero-order valence-corrected chi connectivity index (χ0v) is 10.8. The molecule has 0 aromatic heterocycles. The molecule has 2 aliphatic carbocycles. The maximum absolute atomic E-state index is 10.1. The second-order valence-electron chi connectivity index (χ2n) is 6.15. The van der Waals surface area contributed by atoms with Gasteiger partial charge in [0.15, 0.2) is 0 Å². The van der Waals surface area contributed by atoms with E-state index in [1.807, 2.05) is 0 Å². The Morgan fingerprint density at radius 2 is 2.24 bits per heavy atom. The van der Waals surface area contributed by atoms with E-state index >= 15 is 0 Å². The molecule has 0 bridgehead atoms. The molecule has 4 heteroatoms. The van der Waals surface area contributed by atoms with Gasteiger partial charge in [-0.15, -0.1) is 0 Å². The third kappa shape index (κ3) is 2.16.